The molecule has 1 saturated carbocycles. The van der Waals surface area contributed by atoms with E-state index in [-0.39, 0.29) is 23.8 Å². The first-order chi connectivity index (χ1) is 9.08. The van der Waals surface area contributed by atoms with Crippen LogP contribution >= 0.6 is 0 Å². The Hall–Kier alpha value is -1.06. The molecular formula is C15H26N2O2. The molecule has 1 heterocycles. The summed E-state index contributed by atoms with van der Waals surface area (Å²) in [5.74, 6) is 0.0672. The highest BCUT2D eigenvalue weighted by molar-refractivity contribution is 5.89. The zero-order valence-corrected chi connectivity index (χ0v) is 12.2. The highest BCUT2D eigenvalue weighted by atomic mass is 16.2. The quantitative estimate of drug-likeness (QED) is 0.795. The first-order valence-electron chi connectivity index (χ1n) is 7.67. The van der Waals surface area contributed by atoms with Crippen LogP contribution in [0.4, 0.5) is 0 Å². The van der Waals surface area contributed by atoms with Crippen molar-refractivity contribution in [2.45, 2.75) is 70.9 Å². The maximum absolute atomic E-state index is 12.2. The summed E-state index contributed by atoms with van der Waals surface area (Å²) in [6.45, 7) is 4.60. The van der Waals surface area contributed by atoms with Crippen LogP contribution in [0.15, 0.2) is 0 Å². The predicted octanol–water partition coefficient (Wildman–Crippen LogP) is 2.08. The summed E-state index contributed by atoms with van der Waals surface area (Å²) in [5, 5.41) is 3.16. The third-order valence-electron chi connectivity index (χ3n) is 4.35. The second-order valence-electron chi connectivity index (χ2n) is 6.24. The van der Waals surface area contributed by atoms with Gasteiger partial charge in [-0.2, -0.15) is 0 Å². The summed E-state index contributed by atoms with van der Waals surface area (Å²) in [6.07, 6.45) is 7.58. The minimum absolute atomic E-state index is 0.0865. The van der Waals surface area contributed by atoms with Crippen LogP contribution in [0.5, 0.6) is 0 Å². The molecule has 4 heteroatoms. The Morgan fingerprint density at radius 1 is 1.21 bits per heavy atom. The number of likely N-dealkylation sites (tertiary alicyclic amines) is 1. The summed E-state index contributed by atoms with van der Waals surface area (Å²) >= 11 is 0. The molecule has 2 fully saturated rings. The van der Waals surface area contributed by atoms with Crippen molar-refractivity contribution in [2.75, 3.05) is 6.54 Å². The molecular weight excluding hydrogens is 240 g/mol. The Morgan fingerprint density at radius 3 is 2.37 bits per heavy atom. The van der Waals surface area contributed by atoms with Crippen LogP contribution in [0.2, 0.25) is 0 Å². The lowest BCUT2D eigenvalue weighted by atomic mass is 10.0. The van der Waals surface area contributed by atoms with E-state index in [1.807, 2.05) is 18.7 Å². The summed E-state index contributed by atoms with van der Waals surface area (Å²) in [7, 11) is 0. The van der Waals surface area contributed by atoms with E-state index in [1.54, 1.807) is 0 Å². The average molecular weight is 266 g/mol. The standard InChI is InChI=1S/C15H26N2O2/c1-11(2)17-10-12(9-14(17)18)15(19)16-13-7-5-3-4-6-8-13/h11-13H,3-10H2,1-2H3,(H,16,19)/t12-/m0/s1. The van der Waals surface area contributed by atoms with Crippen LogP contribution in [0.3, 0.4) is 0 Å². The smallest absolute Gasteiger partial charge is 0.225 e. The van der Waals surface area contributed by atoms with Gasteiger partial charge in [0, 0.05) is 25.0 Å². The van der Waals surface area contributed by atoms with Crippen LogP contribution in [-0.2, 0) is 9.59 Å². The second kappa shape index (κ2) is 6.40. The minimum Gasteiger partial charge on any atom is -0.353 e. The van der Waals surface area contributed by atoms with E-state index in [4.69, 9.17) is 0 Å². The predicted molar refractivity (Wildman–Crippen MR) is 74.6 cm³/mol. The number of rotatable bonds is 3. The third kappa shape index (κ3) is 3.71. The van der Waals surface area contributed by atoms with Crippen molar-refractivity contribution in [1.29, 1.82) is 0 Å². The molecule has 0 spiro atoms. The molecule has 4 nitrogen and oxygen atoms in total. The van der Waals surface area contributed by atoms with E-state index < -0.39 is 0 Å². The van der Waals surface area contributed by atoms with Gasteiger partial charge in [-0.3, -0.25) is 9.59 Å². The largest absolute Gasteiger partial charge is 0.353 e. The van der Waals surface area contributed by atoms with Crippen LogP contribution in [0.25, 0.3) is 0 Å². The maximum atomic E-state index is 12.2. The van der Waals surface area contributed by atoms with Crippen molar-refractivity contribution in [3.8, 4) is 0 Å². The lowest BCUT2D eigenvalue weighted by Gasteiger charge is -2.22. The van der Waals surface area contributed by atoms with E-state index in [2.05, 4.69) is 5.32 Å². The van der Waals surface area contributed by atoms with Crippen LogP contribution in [0, 0.1) is 5.92 Å². The van der Waals surface area contributed by atoms with E-state index in [9.17, 15) is 9.59 Å². The van der Waals surface area contributed by atoms with Crippen LogP contribution in [-0.4, -0.2) is 35.3 Å². The van der Waals surface area contributed by atoms with E-state index in [0.29, 0.717) is 19.0 Å². The summed E-state index contributed by atoms with van der Waals surface area (Å²) in [4.78, 5) is 25.9. The Kier molecular flexibility index (Phi) is 4.83. The molecule has 1 atom stereocenters. The van der Waals surface area contributed by atoms with Gasteiger partial charge in [-0.25, -0.2) is 0 Å². The SMILES string of the molecule is CC(C)N1C[C@@H](C(=O)NC2CCCCCC2)CC1=O. The summed E-state index contributed by atoms with van der Waals surface area (Å²) in [5.41, 5.74) is 0. The number of nitrogens with one attached hydrogen (secondary N) is 1. The van der Waals surface area contributed by atoms with Gasteiger partial charge in [0.25, 0.3) is 0 Å². The maximum Gasteiger partial charge on any atom is 0.225 e. The van der Waals surface area contributed by atoms with Gasteiger partial charge in [-0.15, -0.1) is 0 Å². The summed E-state index contributed by atoms with van der Waals surface area (Å²) in [6, 6.07) is 0.529. The number of carbonyl (C=O) groups is 2. The Bertz CT molecular complexity index is 333. The third-order valence-corrected chi connectivity index (χ3v) is 4.35. The molecule has 0 aromatic heterocycles. The van der Waals surface area contributed by atoms with E-state index >= 15 is 0 Å². The number of amides is 2. The van der Waals surface area contributed by atoms with Crippen molar-refractivity contribution >= 4 is 11.8 Å². The monoisotopic (exact) mass is 266 g/mol. The number of hydrogen-bond acceptors (Lipinski definition) is 2. The molecule has 1 aliphatic heterocycles. The molecule has 1 aliphatic carbocycles. The van der Waals surface area contributed by atoms with Gasteiger partial charge in [0.05, 0.1) is 5.92 Å². The molecule has 19 heavy (non-hydrogen) atoms. The fourth-order valence-corrected chi connectivity index (χ4v) is 3.15. The summed E-state index contributed by atoms with van der Waals surface area (Å²) < 4.78 is 0. The van der Waals surface area contributed by atoms with Gasteiger partial charge >= 0.3 is 0 Å². The topological polar surface area (TPSA) is 49.4 Å². The van der Waals surface area contributed by atoms with Crippen molar-refractivity contribution in [3.05, 3.63) is 0 Å². The van der Waals surface area contributed by atoms with Crippen molar-refractivity contribution in [3.63, 3.8) is 0 Å². The highest BCUT2D eigenvalue weighted by Crippen LogP contribution is 2.22. The molecule has 0 aromatic rings. The van der Waals surface area contributed by atoms with Crippen LogP contribution in [0.1, 0.15) is 58.8 Å². The van der Waals surface area contributed by atoms with E-state index in [1.165, 1.54) is 25.7 Å². The van der Waals surface area contributed by atoms with Gasteiger partial charge in [-0.05, 0) is 26.7 Å². The molecule has 2 rings (SSSR count). The molecule has 1 N–H and O–H groups in total. The van der Waals surface area contributed by atoms with Gasteiger partial charge in [-0.1, -0.05) is 25.7 Å². The number of nitrogens with zero attached hydrogens (tertiary/aromatic N) is 1. The molecule has 2 amide bonds. The van der Waals surface area contributed by atoms with Crippen molar-refractivity contribution in [2.24, 2.45) is 5.92 Å². The molecule has 1 saturated heterocycles. The molecule has 0 bridgehead atoms. The first-order valence-corrected chi connectivity index (χ1v) is 7.67. The lowest BCUT2D eigenvalue weighted by Crippen LogP contribution is -2.40. The number of carbonyl (C=O) groups excluding carboxylic acids is 2. The van der Waals surface area contributed by atoms with Gasteiger partial charge in [0.2, 0.25) is 11.8 Å². The molecule has 108 valence electrons. The number of hydrogen-bond donors (Lipinski definition) is 1. The van der Waals surface area contributed by atoms with Crippen molar-refractivity contribution < 1.29 is 9.59 Å². The molecule has 0 radical (unpaired) electrons. The van der Waals surface area contributed by atoms with Gasteiger partial charge < -0.3 is 10.2 Å². The average Bonchev–Trinajstić information content (AvgIpc) is 2.58. The zero-order valence-electron chi connectivity index (χ0n) is 12.2. The van der Waals surface area contributed by atoms with Crippen molar-refractivity contribution in [1.82, 2.24) is 10.2 Å². The fourth-order valence-electron chi connectivity index (χ4n) is 3.15. The molecule has 2 aliphatic rings. The Morgan fingerprint density at radius 2 is 1.84 bits per heavy atom. The van der Waals surface area contributed by atoms with Crippen LogP contribution < -0.4 is 5.32 Å². The van der Waals surface area contributed by atoms with E-state index in [0.717, 1.165) is 12.8 Å². The Balaban J connectivity index is 1.85. The molecule has 0 unspecified atom stereocenters. The normalized spacial score (nSPS) is 25.7. The zero-order chi connectivity index (χ0) is 13.8. The first kappa shape index (κ1) is 14.4. The van der Waals surface area contributed by atoms with Gasteiger partial charge in [0.1, 0.15) is 0 Å². The van der Waals surface area contributed by atoms with Gasteiger partial charge in [0.15, 0.2) is 0 Å². The fraction of sp³-hybridized carbons (Fsp3) is 0.867. The molecule has 0 aromatic carbocycles. The second-order valence-corrected chi connectivity index (χ2v) is 6.24. The Labute approximate surface area is 115 Å². The minimum atomic E-state index is -0.141. The lowest BCUT2D eigenvalue weighted by molar-refractivity contribution is -0.130. The highest BCUT2D eigenvalue weighted by Gasteiger charge is 2.35.